The van der Waals surface area contributed by atoms with E-state index in [4.69, 9.17) is 5.11 Å². The second-order valence-electron chi connectivity index (χ2n) is 3.72. The standard InChI is InChI=1S/C12H11FN2O2S/c1-15-5-4-8(14-15)7-18-9-2-3-11(13)10(6-9)12(16)17/h2-6H,7H2,1H3,(H,16,17). The topological polar surface area (TPSA) is 55.1 Å². The van der Waals surface area contributed by atoms with Crippen LogP contribution in [-0.4, -0.2) is 20.9 Å². The van der Waals surface area contributed by atoms with Gasteiger partial charge in [0.1, 0.15) is 5.82 Å². The molecule has 0 amide bonds. The first-order valence-electron chi connectivity index (χ1n) is 5.20. The van der Waals surface area contributed by atoms with Crippen LogP contribution < -0.4 is 0 Å². The van der Waals surface area contributed by atoms with Gasteiger partial charge in [-0.2, -0.15) is 5.10 Å². The number of carbonyl (C=O) groups is 1. The van der Waals surface area contributed by atoms with Gasteiger partial charge in [-0.1, -0.05) is 0 Å². The average molecular weight is 266 g/mol. The molecule has 18 heavy (non-hydrogen) atoms. The van der Waals surface area contributed by atoms with Gasteiger partial charge < -0.3 is 5.11 Å². The van der Waals surface area contributed by atoms with Gasteiger partial charge in [-0.25, -0.2) is 9.18 Å². The van der Waals surface area contributed by atoms with Crippen molar-refractivity contribution in [3.05, 3.63) is 47.5 Å². The Morgan fingerprint density at radius 1 is 1.50 bits per heavy atom. The van der Waals surface area contributed by atoms with Crippen molar-refractivity contribution in [1.82, 2.24) is 9.78 Å². The molecule has 0 bridgehead atoms. The minimum atomic E-state index is -1.26. The Labute approximate surface area is 107 Å². The number of hydrogen-bond donors (Lipinski definition) is 1. The largest absolute Gasteiger partial charge is 0.478 e. The van der Waals surface area contributed by atoms with Crippen LogP contribution in [0.4, 0.5) is 4.39 Å². The van der Waals surface area contributed by atoms with Crippen LogP contribution in [0.5, 0.6) is 0 Å². The maximum atomic E-state index is 13.2. The zero-order valence-electron chi connectivity index (χ0n) is 9.63. The van der Waals surface area contributed by atoms with Gasteiger partial charge in [-0.15, -0.1) is 11.8 Å². The minimum absolute atomic E-state index is 0.305. The first kappa shape index (κ1) is 12.6. The summed E-state index contributed by atoms with van der Waals surface area (Å²) in [6.07, 6.45) is 1.84. The van der Waals surface area contributed by atoms with E-state index < -0.39 is 11.8 Å². The summed E-state index contributed by atoms with van der Waals surface area (Å²) in [6.45, 7) is 0. The summed E-state index contributed by atoms with van der Waals surface area (Å²) in [6, 6.07) is 5.96. The van der Waals surface area contributed by atoms with Gasteiger partial charge in [0, 0.05) is 23.9 Å². The van der Waals surface area contributed by atoms with Gasteiger partial charge in [0.2, 0.25) is 0 Å². The SMILES string of the molecule is Cn1ccc(CSc2ccc(F)c(C(=O)O)c2)n1. The van der Waals surface area contributed by atoms with E-state index in [9.17, 15) is 9.18 Å². The maximum Gasteiger partial charge on any atom is 0.338 e. The molecule has 4 nitrogen and oxygen atoms in total. The van der Waals surface area contributed by atoms with Gasteiger partial charge in [-0.05, 0) is 24.3 Å². The molecule has 0 aliphatic rings. The molecule has 1 aromatic carbocycles. The summed E-state index contributed by atoms with van der Waals surface area (Å²) < 4.78 is 14.9. The predicted octanol–water partition coefficient (Wildman–Crippen LogP) is 2.55. The van der Waals surface area contributed by atoms with Crippen molar-refractivity contribution in [2.24, 2.45) is 7.05 Å². The number of carboxylic acid groups (broad SMARTS) is 1. The molecule has 0 saturated heterocycles. The average Bonchev–Trinajstić information content (AvgIpc) is 2.74. The lowest BCUT2D eigenvalue weighted by Gasteiger charge is -2.02. The second-order valence-corrected chi connectivity index (χ2v) is 4.76. The zero-order chi connectivity index (χ0) is 13.1. The molecule has 0 aliphatic carbocycles. The van der Waals surface area contributed by atoms with E-state index in [1.807, 2.05) is 19.3 Å². The van der Waals surface area contributed by atoms with E-state index in [0.29, 0.717) is 10.6 Å². The highest BCUT2D eigenvalue weighted by atomic mass is 32.2. The molecular formula is C12H11FN2O2S. The van der Waals surface area contributed by atoms with E-state index in [0.717, 1.165) is 5.69 Å². The highest BCUT2D eigenvalue weighted by molar-refractivity contribution is 7.98. The highest BCUT2D eigenvalue weighted by Crippen LogP contribution is 2.24. The summed E-state index contributed by atoms with van der Waals surface area (Å²) in [5, 5.41) is 13.0. The van der Waals surface area contributed by atoms with Crippen molar-refractivity contribution >= 4 is 17.7 Å². The molecular weight excluding hydrogens is 255 g/mol. The molecule has 0 saturated carbocycles. The van der Waals surface area contributed by atoms with Crippen molar-refractivity contribution in [3.8, 4) is 0 Å². The number of benzene rings is 1. The fourth-order valence-electron chi connectivity index (χ4n) is 1.46. The quantitative estimate of drug-likeness (QED) is 0.864. The molecule has 94 valence electrons. The Kier molecular flexibility index (Phi) is 3.66. The van der Waals surface area contributed by atoms with Crippen molar-refractivity contribution in [3.63, 3.8) is 0 Å². The smallest absolute Gasteiger partial charge is 0.338 e. The van der Waals surface area contributed by atoms with Crippen LogP contribution in [-0.2, 0) is 12.8 Å². The lowest BCUT2D eigenvalue weighted by atomic mass is 10.2. The Morgan fingerprint density at radius 3 is 2.89 bits per heavy atom. The lowest BCUT2D eigenvalue weighted by molar-refractivity contribution is 0.0691. The van der Waals surface area contributed by atoms with Gasteiger partial charge in [0.05, 0.1) is 11.3 Å². The monoisotopic (exact) mass is 266 g/mol. The first-order valence-corrected chi connectivity index (χ1v) is 6.19. The van der Waals surface area contributed by atoms with Gasteiger partial charge in [-0.3, -0.25) is 4.68 Å². The maximum absolute atomic E-state index is 13.2. The van der Waals surface area contributed by atoms with Gasteiger partial charge >= 0.3 is 5.97 Å². The number of hydrogen-bond acceptors (Lipinski definition) is 3. The van der Waals surface area contributed by atoms with E-state index in [1.165, 1.54) is 23.9 Å². The minimum Gasteiger partial charge on any atom is -0.478 e. The molecule has 0 atom stereocenters. The number of carboxylic acids is 1. The molecule has 0 spiro atoms. The van der Waals surface area contributed by atoms with Crippen LogP contribution in [0.15, 0.2) is 35.4 Å². The number of aromatic carboxylic acids is 1. The fraction of sp³-hybridized carbons (Fsp3) is 0.167. The normalized spacial score (nSPS) is 10.6. The number of rotatable bonds is 4. The van der Waals surface area contributed by atoms with E-state index >= 15 is 0 Å². The molecule has 0 unspecified atom stereocenters. The molecule has 6 heteroatoms. The van der Waals surface area contributed by atoms with Crippen molar-refractivity contribution in [1.29, 1.82) is 0 Å². The summed E-state index contributed by atoms with van der Waals surface area (Å²) in [7, 11) is 1.83. The first-order chi connectivity index (χ1) is 8.56. The molecule has 0 radical (unpaired) electrons. The van der Waals surface area contributed by atoms with E-state index in [-0.39, 0.29) is 5.56 Å². The molecule has 1 heterocycles. The molecule has 1 N–H and O–H groups in total. The van der Waals surface area contributed by atoms with Gasteiger partial charge in [0.25, 0.3) is 0 Å². The van der Waals surface area contributed by atoms with Crippen LogP contribution in [0, 0.1) is 5.82 Å². The summed E-state index contributed by atoms with van der Waals surface area (Å²) in [5.41, 5.74) is 0.588. The Bertz CT molecular complexity index is 583. The van der Waals surface area contributed by atoms with Crippen LogP contribution in [0.3, 0.4) is 0 Å². The fourth-order valence-corrected chi connectivity index (χ4v) is 2.29. The number of aryl methyl sites for hydroxylation is 1. The third kappa shape index (κ3) is 2.89. The molecule has 1 aromatic heterocycles. The third-order valence-corrected chi connectivity index (χ3v) is 3.35. The molecule has 2 aromatic rings. The summed E-state index contributed by atoms with van der Waals surface area (Å²) >= 11 is 1.42. The highest BCUT2D eigenvalue weighted by Gasteiger charge is 2.11. The number of halogens is 1. The third-order valence-electron chi connectivity index (χ3n) is 2.32. The second kappa shape index (κ2) is 5.22. The van der Waals surface area contributed by atoms with Gasteiger partial charge in [0.15, 0.2) is 0 Å². The summed E-state index contributed by atoms with van der Waals surface area (Å²) in [4.78, 5) is 11.5. The van der Waals surface area contributed by atoms with E-state index in [2.05, 4.69) is 5.10 Å². The predicted molar refractivity (Wildman–Crippen MR) is 66.1 cm³/mol. The van der Waals surface area contributed by atoms with Crippen LogP contribution in [0.25, 0.3) is 0 Å². The Morgan fingerprint density at radius 2 is 2.28 bits per heavy atom. The van der Waals surface area contributed by atoms with Crippen molar-refractivity contribution < 1.29 is 14.3 Å². The Balaban J connectivity index is 2.10. The Hall–Kier alpha value is -1.82. The van der Waals surface area contributed by atoms with Crippen LogP contribution >= 0.6 is 11.8 Å². The number of thioether (sulfide) groups is 1. The lowest BCUT2D eigenvalue weighted by Crippen LogP contribution is -2.00. The summed E-state index contributed by atoms with van der Waals surface area (Å²) in [5.74, 6) is -1.36. The van der Waals surface area contributed by atoms with Crippen molar-refractivity contribution in [2.75, 3.05) is 0 Å². The van der Waals surface area contributed by atoms with Crippen LogP contribution in [0.1, 0.15) is 16.1 Å². The van der Waals surface area contributed by atoms with Crippen LogP contribution in [0.2, 0.25) is 0 Å². The zero-order valence-corrected chi connectivity index (χ0v) is 10.4. The molecule has 0 aliphatic heterocycles. The van der Waals surface area contributed by atoms with Crippen molar-refractivity contribution in [2.45, 2.75) is 10.6 Å². The number of nitrogens with zero attached hydrogens (tertiary/aromatic N) is 2. The molecule has 0 fully saturated rings. The van der Waals surface area contributed by atoms with E-state index in [1.54, 1.807) is 10.7 Å². The molecule has 2 rings (SSSR count). The number of aromatic nitrogens is 2.